The molecule has 0 saturated heterocycles. The maximum Gasteiger partial charge on any atom is 0.325 e. The Morgan fingerprint density at radius 1 is 1.00 bits per heavy atom. The van der Waals surface area contributed by atoms with E-state index in [9.17, 15) is 19.2 Å². The monoisotopic (exact) mass is 428 g/mol. The smallest absolute Gasteiger partial charge is 0.325 e. The lowest BCUT2D eigenvalue weighted by Crippen LogP contribution is -2.39. The van der Waals surface area contributed by atoms with Gasteiger partial charge in [-0.15, -0.1) is 11.3 Å². The van der Waals surface area contributed by atoms with Crippen LogP contribution in [0, 0.1) is 0 Å². The van der Waals surface area contributed by atoms with Crippen LogP contribution < -0.4 is 10.6 Å². The molecule has 27 heavy (non-hydrogen) atoms. The number of benzene rings is 1. The molecule has 0 aliphatic heterocycles. The number of ketones is 1. The van der Waals surface area contributed by atoms with E-state index in [1.807, 2.05) is 0 Å². The van der Waals surface area contributed by atoms with Crippen molar-refractivity contribution in [1.29, 1.82) is 0 Å². The summed E-state index contributed by atoms with van der Waals surface area (Å²) in [5.74, 6) is -2.19. The molecule has 0 radical (unpaired) electrons. The summed E-state index contributed by atoms with van der Waals surface area (Å²) in [5.41, 5.74) is 0.248. The number of esters is 1. The molecule has 142 valence electrons. The molecule has 1 aromatic heterocycles. The molecule has 2 amide bonds. The van der Waals surface area contributed by atoms with Crippen molar-refractivity contribution < 1.29 is 23.9 Å². The Labute approximate surface area is 168 Å². The number of hydrogen-bond acceptors (Lipinski definition) is 6. The fraction of sp³-hybridized carbons (Fsp3) is 0.176. The summed E-state index contributed by atoms with van der Waals surface area (Å²) in [5, 5.41) is 6.97. The molecule has 2 rings (SSSR count). The molecule has 2 N–H and O–H groups in total. The molecule has 2 aromatic rings. The predicted octanol–water partition coefficient (Wildman–Crippen LogP) is 2.33. The van der Waals surface area contributed by atoms with Gasteiger partial charge in [-0.05, 0) is 29.6 Å². The van der Waals surface area contributed by atoms with E-state index < -0.39 is 30.8 Å². The van der Waals surface area contributed by atoms with Crippen LogP contribution in [0.3, 0.4) is 0 Å². The number of Topliss-reactive ketones (excluding diaryl/α,β-unsaturated/α-hetero) is 1. The third-order valence-electron chi connectivity index (χ3n) is 3.19. The number of carbonyl (C=O) groups is 4. The highest BCUT2D eigenvalue weighted by atomic mass is 35.5. The summed E-state index contributed by atoms with van der Waals surface area (Å²) in [6, 6.07) is 7.64. The lowest BCUT2D eigenvalue weighted by atomic mass is 10.1. The Hall–Kier alpha value is -2.42. The van der Waals surface area contributed by atoms with E-state index in [0.717, 1.165) is 0 Å². The van der Waals surface area contributed by atoms with Crippen molar-refractivity contribution in [3.8, 4) is 0 Å². The molecule has 7 nitrogen and oxygen atoms in total. The first kappa shape index (κ1) is 20.9. The van der Waals surface area contributed by atoms with E-state index in [1.165, 1.54) is 29.5 Å². The molecule has 10 heteroatoms. The van der Waals surface area contributed by atoms with Gasteiger partial charge in [-0.3, -0.25) is 19.2 Å². The highest BCUT2D eigenvalue weighted by molar-refractivity contribution is 7.12. The van der Waals surface area contributed by atoms with Gasteiger partial charge in [0.15, 0.2) is 12.4 Å². The molecule has 0 aliphatic carbocycles. The molecule has 0 spiro atoms. The maximum atomic E-state index is 11.9. The van der Waals surface area contributed by atoms with Crippen LogP contribution in [0.25, 0.3) is 0 Å². The van der Waals surface area contributed by atoms with Gasteiger partial charge in [0.1, 0.15) is 6.54 Å². The van der Waals surface area contributed by atoms with Gasteiger partial charge in [-0.25, -0.2) is 0 Å². The minimum Gasteiger partial charge on any atom is -0.456 e. The standard InChI is InChI=1S/C17H14Cl2N2O5S/c18-11-4-3-10(6-12(11)19)13(22)9-26-16(24)8-20-15(23)7-21-17(25)14-2-1-5-27-14/h1-6H,7-9H2,(H,20,23)(H,21,25). The van der Waals surface area contributed by atoms with Gasteiger partial charge in [0, 0.05) is 5.56 Å². The molecular weight excluding hydrogens is 415 g/mol. The van der Waals surface area contributed by atoms with E-state index in [2.05, 4.69) is 10.6 Å². The van der Waals surface area contributed by atoms with Crippen molar-refractivity contribution in [3.05, 3.63) is 56.2 Å². The number of nitrogens with one attached hydrogen (secondary N) is 2. The largest absolute Gasteiger partial charge is 0.456 e. The minimum absolute atomic E-state index is 0.214. The lowest BCUT2D eigenvalue weighted by molar-refractivity contribution is -0.142. The van der Waals surface area contributed by atoms with Crippen LogP contribution >= 0.6 is 34.5 Å². The number of ether oxygens (including phenoxy) is 1. The third kappa shape index (κ3) is 6.67. The quantitative estimate of drug-likeness (QED) is 0.496. The SMILES string of the molecule is O=C(CNC(=O)c1cccs1)NCC(=O)OCC(=O)c1ccc(Cl)c(Cl)c1. The van der Waals surface area contributed by atoms with Crippen molar-refractivity contribution in [3.63, 3.8) is 0 Å². The number of carbonyl (C=O) groups excluding carboxylic acids is 4. The fourth-order valence-electron chi connectivity index (χ4n) is 1.84. The highest BCUT2D eigenvalue weighted by Crippen LogP contribution is 2.22. The van der Waals surface area contributed by atoms with Crippen molar-refractivity contribution in [2.45, 2.75) is 0 Å². The van der Waals surface area contributed by atoms with E-state index in [1.54, 1.807) is 17.5 Å². The second-order valence-electron chi connectivity index (χ2n) is 5.15. The average Bonchev–Trinajstić information content (AvgIpc) is 3.19. The second-order valence-corrected chi connectivity index (χ2v) is 6.91. The summed E-state index contributed by atoms with van der Waals surface area (Å²) in [7, 11) is 0. The molecule has 0 saturated carbocycles. The summed E-state index contributed by atoms with van der Waals surface area (Å²) in [6.07, 6.45) is 0. The van der Waals surface area contributed by atoms with Gasteiger partial charge in [0.2, 0.25) is 5.91 Å². The van der Waals surface area contributed by atoms with E-state index >= 15 is 0 Å². The molecule has 1 heterocycles. The van der Waals surface area contributed by atoms with Crippen molar-refractivity contribution in [2.24, 2.45) is 0 Å². The highest BCUT2D eigenvalue weighted by Gasteiger charge is 2.13. The van der Waals surface area contributed by atoms with Gasteiger partial charge < -0.3 is 15.4 Å². The van der Waals surface area contributed by atoms with Crippen LogP contribution in [0.1, 0.15) is 20.0 Å². The number of hydrogen-bond donors (Lipinski definition) is 2. The van der Waals surface area contributed by atoms with Crippen molar-refractivity contribution in [2.75, 3.05) is 19.7 Å². The van der Waals surface area contributed by atoms with Gasteiger partial charge in [-0.2, -0.15) is 0 Å². The predicted molar refractivity (Wildman–Crippen MR) is 101 cm³/mol. The van der Waals surface area contributed by atoms with E-state index in [0.29, 0.717) is 9.90 Å². The average molecular weight is 429 g/mol. The molecule has 0 fully saturated rings. The minimum atomic E-state index is -0.790. The van der Waals surface area contributed by atoms with Crippen LogP contribution in [0.5, 0.6) is 0 Å². The summed E-state index contributed by atoms with van der Waals surface area (Å²) >= 11 is 12.8. The Kier molecular flexibility index (Phi) is 7.78. The van der Waals surface area contributed by atoms with Crippen LogP contribution in [0.15, 0.2) is 35.7 Å². The molecule has 0 unspecified atom stereocenters. The number of halogens is 2. The number of amides is 2. The van der Waals surface area contributed by atoms with E-state index in [4.69, 9.17) is 27.9 Å². The van der Waals surface area contributed by atoms with E-state index in [-0.39, 0.29) is 23.0 Å². The zero-order valence-electron chi connectivity index (χ0n) is 13.8. The molecule has 0 atom stereocenters. The van der Waals surface area contributed by atoms with Gasteiger partial charge >= 0.3 is 5.97 Å². The Morgan fingerprint density at radius 3 is 2.44 bits per heavy atom. The normalized spacial score (nSPS) is 10.1. The van der Waals surface area contributed by atoms with Gasteiger partial charge in [-0.1, -0.05) is 29.3 Å². The first-order chi connectivity index (χ1) is 12.9. The fourth-order valence-corrected chi connectivity index (χ4v) is 2.78. The number of rotatable bonds is 8. The molecule has 1 aromatic carbocycles. The summed E-state index contributed by atoms with van der Waals surface area (Å²) < 4.78 is 4.80. The van der Waals surface area contributed by atoms with Crippen molar-refractivity contribution >= 4 is 58.1 Å². The van der Waals surface area contributed by atoms with Gasteiger partial charge in [0.05, 0.1) is 21.5 Å². The first-order valence-electron chi connectivity index (χ1n) is 7.59. The first-order valence-corrected chi connectivity index (χ1v) is 9.22. The zero-order chi connectivity index (χ0) is 19.8. The Bertz CT molecular complexity index is 855. The lowest BCUT2D eigenvalue weighted by Gasteiger charge is -2.07. The Morgan fingerprint density at radius 2 is 1.78 bits per heavy atom. The van der Waals surface area contributed by atoms with Crippen LogP contribution in [-0.2, 0) is 14.3 Å². The maximum absolute atomic E-state index is 11.9. The zero-order valence-corrected chi connectivity index (χ0v) is 16.1. The molecule has 0 bridgehead atoms. The van der Waals surface area contributed by atoms with Crippen LogP contribution in [-0.4, -0.2) is 43.3 Å². The number of thiophene rings is 1. The Balaban J connectivity index is 1.67. The topological polar surface area (TPSA) is 102 Å². The molecule has 0 aliphatic rings. The van der Waals surface area contributed by atoms with Crippen molar-refractivity contribution in [1.82, 2.24) is 10.6 Å². The summed E-state index contributed by atoms with van der Waals surface area (Å²) in [6.45, 7) is -1.21. The van der Waals surface area contributed by atoms with Crippen LogP contribution in [0.2, 0.25) is 10.0 Å². The third-order valence-corrected chi connectivity index (χ3v) is 4.80. The van der Waals surface area contributed by atoms with Gasteiger partial charge in [0.25, 0.3) is 5.91 Å². The molecular formula is C17H14Cl2N2O5S. The second kappa shape index (κ2) is 10.1. The van der Waals surface area contributed by atoms with Crippen LogP contribution in [0.4, 0.5) is 0 Å². The summed E-state index contributed by atoms with van der Waals surface area (Å²) in [4.78, 5) is 47.3.